The molecule has 0 spiro atoms. The van der Waals surface area contributed by atoms with Crippen LogP contribution in [0.1, 0.15) is 48.2 Å². The van der Waals surface area contributed by atoms with Gasteiger partial charge in [-0.15, -0.1) is 0 Å². The van der Waals surface area contributed by atoms with Crippen molar-refractivity contribution in [2.24, 2.45) is 23.7 Å². The SMILES string of the molecule is Cc1c(C(=O)N(C)CCN(C)C2C3CC4CC(C3)CC2C4)nn(-c2ccc(Cl)cc2Cl)c1-c1ccc(Cl)cc1. The number of hydrogen-bond acceptors (Lipinski definition) is 3. The number of carbonyl (C=O) groups excluding carboxylic acids is 1. The molecule has 7 rings (SSSR count). The van der Waals surface area contributed by atoms with Gasteiger partial charge in [0.15, 0.2) is 5.69 Å². The van der Waals surface area contributed by atoms with Gasteiger partial charge in [-0.1, -0.05) is 46.9 Å². The van der Waals surface area contributed by atoms with E-state index in [4.69, 9.17) is 39.9 Å². The first-order valence-corrected chi connectivity index (χ1v) is 15.1. The Kier molecular flexibility index (Phi) is 7.47. The summed E-state index contributed by atoms with van der Waals surface area (Å²) in [6.07, 6.45) is 7.05. The quantitative estimate of drug-likeness (QED) is 0.286. The molecule has 0 radical (unpaired) electrons. The predicted octanol–water partition coefficient (Wildman–Crippen LogP) is 7.64. The molecule has 1 heterocycles. The standard InChI is InChI=1S/C31H35Cl3N4O/c1-18-28(31(39)37(3)11-10-36(2)30-22-13-19-12-20(15-22)16-23(30)14-19)35-38(27-9-8-25(33)17-26(27)34)29(18)21-4-6-24(32)7-5-21/h4-9,17,19-20,22-23,30H,10-16H2,1-3H3. The number of amides is 1. The van der Waals surface area contributed by atoms with E-state index in [1.807, 2.05) is 44.3 Å². The van der Waals surface area contributed by atoms with Crippen LogP contribution in [0.2, 0.25) is 15.1 Å². The maximum atomic E-state index is 13.8. The number of carbonyl (C=O) groups is 1. The average Bonchev–Trinajstić information content (AvgIpc) is 3.23. The van der Waals surface area contributed by atoms with Gasteiger partial charge in [-0.05, 0) is 100 Å². The predicted molar refractivity (Wildman–Crippen MR) is 159 cm³/mol. The second kappa shape index (κ2) is 10.7. The molecule has 0 aliphatic heterocycles. The molecule has 39 heavy (non-hydrogen) atoms. The monoisotopic (exact) mass is 584 g/mol. The van der Waals surface area contributed by atoms with Crippen molar-refractivity contribution in [1.29, 1.82) is 0 Å². The third kappa shape index (κ3) is 5.12. The summed E-state index contributed by atoms with van der Waals surface area (Å²) in [5.74, 6) is 3.49. The Morgan fingerprint density at radius 3 is 2.13 bits per heavy atom. The van der Waals surface area contributed by atoms with Crippen molar-refractivity contribution in [1.82, 2.24) is 19.6 Å². The highest BCUT2D eigenvalue weighted by molar-refractivity contribution is 6.35. The molecule has 4 aliphatic rings. The number of benzene rings is 2. The van der Waals surface area contributed by atoms with Crippen LogP contribution in [0, 0.1) is 30.6 Å². The maximum absolute atomic E-state index is 13.8. The molecule has 4 saturated carbocycles. The van der Waals surface area contributed by atoms with Crippen molar-refractivity contribution < 1.29 is 4.79 Å². The van der Waals surface area contributed by atoms with Crippen molar-refractivity contribution in [3.05, 3.63) is 68.8 Å². The first kappa shape index (κ1) is 27.1. The van der Waals surface area contributed by atoms with Crippen molar-refractivity contribution in [2.45, 2.75) is 45.1 Å². The fraction of sp³-hybridized carbons (Fsp3) is 0.484. The molecule has 4 bridgehead atoms. The van der Waals surface area contributed by atoms with Crippen LogP contribution in [0.25, 0.3) is 16.9 Å². The Labute approximate surface area is 246 Å². The van der Waals surface area contributed by atoms with Gasteiger partial charge in [0.2, 0.25) is 0 Å². The molecule has 206 valence electrons. The van der Waals surface area contributed by atoms with Crippen LogP contribution in [0.5, 0.6) is 0 Å². The van der Waals surface area contributed by atoms with E-state index in [-0.39, 0.29) is 5.91 Å². The van der Waals surface area contributed by atoms with Gasteiger partial charge in [0.05, 0.1) is 16.4 Å². The minimum atomic E-state index is -0.0926. The van der Waals surface area contributed by atoms with Gasteiger partial charge in [0.25, 0.3) is 5.91 Å². The summed E-state index contributed by atoms with van der Waals surface area (Å²) in [5.41, 5.74) is 3.59. The minimum absolute atomic E-state index is 0.0926. The van der Waals surface area contributed by atoms with E-state index >= 15 is 0 Å². The van der Waals surface area contributed by atoms with Crippen LogP contribution in [0.15, 0.2) is 42.5 Å². The Hall–Kier alpha value is -2.05. The van der Waals surface area contributed by atoms with Gasteiger partial charge in [-0.3, -0.25) is 4.79 Å². The van der Waals surface area contributed by atoms with Crippen molar-refractivity contribution in [3.63, 3.8) is 0 Å². The molecule has 4 fully saturated rings. The average molecular weight is 586 g/mol. The van der Waals surface area contributed by atoms with Crippen LogP contribution >= 0.6 is 34.8 Å². The number of aromatic nitrogens is 2. The Balaban J connectivity index is 1.24. The molecule has 8 heteroatoms. The minimum Gasteiger partial charge on any atom is -0.339 e. The molecule has 5 nitrogen and oxygen atoms in total. The third-order valence-electron chi connectivity index (χ3n) is 9.40. The fourth-order valence-electron chi connectivity index (χ4n) is 7.83. The van der Waals surface area contributed by atoms with Gasteiger partial charge < -0.3 is 9.80 Å². The van der Waals surface area contributed by atoms with Gasteiger partial charge in [-0.2, -0.15) is 5.10 Å². The second-order valence-corrected chi connectivity index (χ2v) is 13.2. The van der Waals surface area contributed by atoms with E-state index in [9.17, 15) is 4.79 Å². The number of nitrogens with zero attached hydrogens (tertiary/aromatic N) is 4. The molecule has 0 N–H and O–H groups in total. The third-order valence-corrected chi connectivity index (χ3v) is 10.2. The van der Waals surface area contributed by atoms with Gasteiger partial charge in [0, 0.05) is 47.4 Å². The summed E-state index contributed by atoms with van der Waals surface area (Å²) in [6.45, 7) is 3.46. The number of likely N-dealkylation sites (N-methyl/N-ethyl adjacent to an activating group) is 2. The van der Waals surface area contributed by atoms with Crippen molar-refractivity contribution in [2.75, 3.05) is 27.2 Å². The topological polar surface area (TPSA) is 41.4 Å². The molecule has 0 unspecified atom stereocenters. The molecular weight excluding hydrogens is 551 g/mol. The van der Waals surface area contributed by atoms with E-state index in [1.54, 1.807) is 21.7 Å². The van der Waals surface area contributed by atoms with Crippen LogP contribution in [-0.2, 0) is 0 Å². The highest BCUT2D eigenvalue weighted by atomic mass is 35.5. The lowest BCUT2D eigenvalue weighted by atomic mass is 9.54. The molecule has 4 aliphatic carbocycles. The summed E-state index contributed by atoms with van der Waals surface area (Å²) in [5, 5.41) is 6.47. The zero-order chi connectivity index (χ0) is 27.4. The molecule has 0 atom stereocenters. The lowest BCUT2D eigenvalue weighted by Crippen LogP contribution is -2.55. The second-order valence-electron chi connectivity index (χ2n) is 12.0. The zero-order valence-corrected chi connectivity index (χ0v) is 25.0. The summed E-state index contributed by atoms with van der Waals surface area (Å²) in [7, 11) is 4.13. The lowest BCUT2D eigenvalue weighted by Gasteiger charge is -2.56. The molecule has 1 amide bonds. The van der Waals surface area contributed by atoms with E-state index in [1.165, 1.54) is 32.1 Å². The maximum Gasteiger partial charge on any atom is 0.274 e. The molecule has 1 aromatic heterocycles. The zero-order valence-electron chi connectivity index (χ0n) is 22.7. The summed E-state index contributed by atoms with van der Waals surface area (Å²) >= 11 is 18.9. The van der Waals surface area contributed by atoms with Gasteiger partial charge in [-0.25, -0.2) is 4.68 Å². The fourth-order valence-corrected chi connectivity index (χ4v) is 8.44. The van der Waals surface area contributed by atoms with Crippen LogP contribution < -0.4 is 0 Å². The Morgan fingerprint density at radius 2 is 1.51 bits per heavy atom. The number of halogens is 3. The van der Waals surface area contributed by atoms with Crippen molar-refractivity contribution in [3.8, 4) is 16.9 Å². The van der Waals surface area contributed by atoms with Crippen LogP contribution in [0.3, 0.4) is 0 Å². The number of rotatable bonds is 7. The highest BCUT2D eigenvalue weighted by Crippen LogP contribution is 2.54. The molecular formula is C31H35Cl3N4O. The van der Waals surface area contributed by atoms with Crippen LogP contribution in [-0.4, -0.2) is 58.7 Å². The Morgan fingerprint density at radius 1 is 0.897 bits per heavy atom. The van der Waals surface area contributed by atoms with E-state index < -0.39 is 0 Å². The van der Waals surface area contributed by atoms with E-state index in [2.05, 4.69) is 11.9 Å². The van der Waals surface area contributed by atoms with E-state index in [0.29, 0.717) is 39.0 Å². The molecule has 2 aromatic carbocycles. The summed E-state index contributed by atoms with van der Waals surface area (Å²) < 4.78 is 1.75. The molecule has 0 saturated heterocycles. The summed E-state index contributed by atoms with van der Waals surface area (Å²) in [6, 6.07) is 13.5. The normalized spacial score (nSPS) is 25.5. The Bertz CT molecular complexity index is 1360. The summed E-state index contributed by atoms with van der Waals surface area (Å²) in [4.78, 5) is 18.1. The lowest BCUT2D eigenvalue weighted by molar-refractivity contribution is -0.0581. The largest absolute Gasteiger partial charge is 0.339 e. The molecule has 3 aromatic rings. The van der Waals surface area contributed by atoms with Gasteiger partial charge in [0.1, 0.15) is 0 Å². The number of hydrogen-bond donors (Lipinski definition) is 0. The van der Waals surface area contributed by atoms with Crippen molar-refractivity contribution >= 4 is 40.7 Å². The van der Waals surface area contributed by atoms with Gasteiger partial charge >= 0.3 is 0 Å². The smallest absolute Gasteiger partial charge is 0.274 e. The first-order chi connectivity index (χ1) is 18.7. The van der Waals surface area contributed by atoms with E-state index in [0.717, 1.165) is 47.0 Å². The van der Waals surface area contributed by atoms with Crippen LogP contribution in [0.4, 0.5) is 0 Å². The first-order valence-electron chi connectivity index (χ1n) is 14.0. The highest BCUT2D eigenvalue weighted by Gasteiger charge is 2.49.